The van der Waals surface area contributed by atoms with Crippen molar-refractivity contribution < 1.29 is 33.3 Å². The number of anilines is 5. The van der Waals surface area contributed by atoms with Crippen LogP contribution in [0.1, 0.15) is 95.7 Å². The average molecular weight is 1500 g/mol. The van der Waals surface area contributed by atoms with Gasteiger partial charge in [0.1, 0.15) is 27.4 Å². The Morgan fingerprint density at radius 3 is 1.30 bits per heavy atom. The number of methoxy groups -OCH3 is 3. The molecule has 0 fully saturated rings. The average Bonchev–Trinajstić information content (AvgIpc) is 1.62. The van der Waals surface area contributed by atoms with Gasteiger partial charge in [0.05, 0.1) is 21.3 Å². The summed E-state index contributed by atoms with van der Waals surface area (Å²) in [5.41, 5.74) is 15.5. The number of hydrogen-bond donors (Lipinski definition) is 4. The molecule has 3 aliphatic heterocycles. The Kier molecular flexibility index (Phi) is 23.1. The van der Waals surface area contributed by atoms with Gasteiger partial charge in [0.25, 0.3) is 16.7 Å². The lowest BCUT2D eigenvalue weighted by atomic mass is 9.99. The predicted molar refractivity (Wildman–Crippen MR) is 418 cm³/mol. The number of fused-ring (bicyclic) bond motifs is 6. The van der Waals surface area contributed by atoms with Gasteiger partial charge in [-0.25, -0.2) is 57.6 Å². The van der Waals surface area contributed by atoms with Crippen molar-refractivity contribution in [2.75, 3.05) is 63.6 Å². The summed E-state index contributed by atoms with van der Waals surface area (Å²) in [6.45, 7) is 22.6. The Morgan fingerprint density at radius 1 is 0.495 bits per heavy atom. The van der Waals surface area contributed by atoms with Crippen LogP contribution in [0.3, 0.4) is 0 Å². The molecule has 15 rings (SSSR count). The Morgan fingerprint density at radius 2 is 0.890 bits per heavy atom. The van der Waals surface area contributed by atoms with Crippen molar-refractivity contribution in [2.24, 2.45) is 0 Å². The normalized spacial score (nSPS) is 13.1. The number of nitrogens with one attached hydrogen (secondary N) is 3. The zero-order valence-electron chi connectivity index (χ0n) is 63.3. The number of carbonyl (C=O) groups is 2. The molecular formula is C77H89N21O10S. The lowest BCUT2D eigenvalue weighted by Gasteiger charge is -2.31. The molecule has 0 bridgehead atoms. The molecule has 0 aliphatic carbocycles. The predicted octanol–water partition coefficient (Wildman–Crippen LogP) is 10.7. The molecule has 32 heteroatoms. The molecule has 5 N–H and O–H groups in total. The maximum atomic E-state index is 13.0. The second-order valence-electron chi connectivity index (χ2n) is 27.5. The van der Waals surface area contributed by atoms with Gasteiger partial charge < -0.3 is 55.2 Å². The highest BCUT2D eigenvalue weighted by Gasteiger charge is 2.29. The first kappa shape index (κ1) is 76.5. The van der Waals surface area contributed by atoms with E-state index in [9.17, 15) is 24.0 Å². The van der Waals surface area contributed by atoms with Crippen LogP contribution in [-0.2, 0) is 68.0 Å². The number of benzene rings is 3. The number of pyridine rings is 3. The molecule has 2 amide bonds. The molecular weight excluding hydrogens is 1410 g/mol. The Hall–Kier alpha value is -12.2. The van der Waals surface area contributed by atoms with Crippen molar-refractivity contribution in [3.05, 3.63) is 192 Å². The largest absolute Gasteiger partial charge is 0.481 e. The van der Waals surface area contributed by atoms with Gasteiger partial charge in [-0.1, -0.05) is 48.2 Å². The molecule has 0 atom stereocenters. The smallest absolute Gasteiger partial charge is 0.410 e. The summed E-state index contributed by atoms with van der Waals surface area (Å²) in [6.07, 6.45) is 8.55. The molecule has 0 radical (unpaired) electrons. The number of nitrogens with zero attached hydrogens (tertiary/aromatic N) is 17. The Labute approximate surface area is 632 Å². The molecule has 12 aromatic rings. The fourth-order valence-corrected chi connectivity index (χ4v) is 13.1. The summed E-state index contributed by atoms with van der Waals surface area (Å²) in [5.74, 6) is 3.81. The number of thioether (sulfide) groups is 1. The highest BCUT2D eigenvalue weighted by Crippen LogP contribution is 2.30. The van der Waals surface area contributed by atoms with Crippen LogP contribution in [0.25, 0.3) is 50.6 Å². The fraction of sp³-hybridized carbons (Fsp3) is 0.351. The van der Waals surface area contributed by atoms with Gasteiger partial charge in [-0.15, -0.1) is 0 Å². The minimum absolute atomic E-state index is 0.130. The highest BCUT2D eigenvalue weighted by molar-refractivity contribution is 7.98. The maximum Gasteiger partial charge on any atom is 0.410 e. The van der Waals surface area contributed by atoms with Crippen LogP contribution in [0.15, 0.2) is 147 Å². The minimum Gasteiger partial charge on any atom is -0.481 e. The maximum absolute atomic E-state index is 13.0. The number of ether oxygens (including phenoxy) is 5. The minimum atomic E-state index is -0.530. The van der Waals surface area contributed by atoms with E-state index in [1.807, 2.05) is 141 Å². The number of nitrogen functional groups attached to an aromatic ring is 1. The van der Waals surface area contributed by atoms with Crippen LogP contribution in [0.2, 0.25) is 0 Å². The van der Waals surface area contributed by atoms with E-state index in [0.29, 0.717) is 137 Å². The first-order valence-electron chi connectivity index (χ1n) is 35.7. The summed E-state index contributed by atoms with van der Waals surface area (Å²) >= 11 is 1.43. The molecule has 3 aliphatic rings. The van der Waals surface area contributed by atoms with Crippen molar-refractivity contribution in [1.29, 1.82) is 0 Å². The molecule has 0 saturated heterocycles. The van der Waals surface area contributed by atoms with E-state index in [4.69, 9.17) is 29.4 Å². The van der Waals surface area contributed by atoms with E-state index in [1.165, 1.54) is 34.6 Å². The van der Waals surface area contributed by atoms with E-state index >= 15 is 0 Å². The van der Waals surface area contributed by atoms with E-state index in [1.54, 1.807) is 95.9 Å². The summed E-state index contributed by atoms with van der Waals surface area (Å²) in [5, 5.41) is 11.8. The van der Waals surface area contributed by atoms with Crippen LogP contribution in [0.4, 0.5) is 38.5 Å². The van der Waals surface area contributed by atoms with Crippen molar-refractivity contribution in [1.82, 2.24) is 88.1 Å². The topological polar surface area (TPSA) is 346 Å². The quantitative estimate of drug-likeness (QED) is 0.0446. The number of aromatic nitrogens is 15. The standard InChI is InChI=1S/C27H31N7O4.C22H23N7O2.C14H15N5O2S.C14H20N2O2/c1-6-33-24(35)20-15-28-25(31-23(20)34(33)21-8-7-9-22(30-21)37-5)29-19-11-10-18-16-32(13-12-17(18)14-19)26(36)38-27(2,3)4;1-3-28-21(30)17-13-24-22(25-16-8-7-15-12-23-10-9-14(15)11-16)27-20(17)29(28)18-5-4-6-19(26-18)31-2;1-4-18-13(20)9-8-15-14(22-3)17-12(9)19(18)10-6-5-7-11(16-10)21-2;1-14(2,3)18-13(17)16-7-6-10-8-12(15)5-4-11(10)9-16/h7-11,14-15H,6,12-13,16H2,1-5H3,(H,28,29,31);4-8,11,13,23H,3,9-10,12H2,1-2H3,(H,24,25,27);5-8H,4H2,1-3H3;4-5,8H,6-7,9,15H2,1-3H3. The molecule has 568 valence electrons. The van der Waals surface area contributed by atoms with Crippen LogP contribution in [0.5, 0.6) is 17.6 Å². The zero-order valence-corrected chi connectivity index (χ0v) is 64.1. The van der Waals surface area contributed by atoms with E-state index in [0.717, 1.165) is 59.7 Å². The molecule has 12 heterocycles. The number of nitrogens with two attached hydrogens (primary N) is 1. The van der Waals surface area contributed by atoms with Gasteiger partial charge in [-0.3, -0.25) is 14.4 Å². The third kappa shape index (κ3) is 17.3. The van der Waals surface area contributed by atoms with Crippen LogP contribution in [-0.4, -0.2) is 153 Å². The molecule has 0 saturated carbocycles. The summed E-state index contributed by atoms with van der Waals surface area (Å²) in [4.78, 5) is 107. The van der Waals surface area contributed by atoms with Gasteiger partial charge in [-0.05, 0) is 182 Å². The van der Waals surface area contributed by atoms with Crippen molar-refractivity contribution in [3.63, 3.8) is 0 Å². The van der Waals surface area contributed by atoms with Gasteiger partial charge >= 0.3 is 12.2 Å². The van der Waals surface area contributed by atoms with Crippen molar-refractivity contribution in [3.8, 4) is 35.1 Å². The summed E-state index contributed by atoms with van der Waals surface area (Å²) < 4.78 is 36.5. The first-order chi connectivity index (χ1) is 52.4. The first-order valence-corrected chi connectivity index (χ1v) is 37.0. The molecule has 31 nitrogen and oxygen atoms in total. The fourth-order valence-electron chi connectivity index (χ4n) is 12.7. The number of amides is 2. The second-order valence-corrected chi connectivity index (χ2v) is 28.3. The van der Waals surface area contributed by atoms with Gasteiger partial charge in [0.2, 0.25) is 29.5 Å². The van der Waals surface area contributed by atoms with E-state index < -0.39 is 11.2 Å². The number of carbonyl (C=O) groups excluding carboxylic acids is 2. The number of hydrogen-bond acceptors (Lipinski definition) is 24. The highest BCUT2D eigenvalue weighted by atomic mass is 32.2. The van der Waals surface area contributed by atoms with Gasteiger partial charge in [-0.2, -0.15) is 24.9 Å². The molecule has 109 heavy (non-hydrogen) atoms. The molecule has 3 aromatic carbocycles. The lowest BCUT2D eigenvalue weighted by Crippen LogP contribution is -2.39. The van der Waals surface area contributed by atoms with Crippen LogP contribution in [0, 0.1) is 0 Å². The van der Waals surface area contributed by atoms with E-state index in [2.05, 4.69) is 72.9 Å². The second kappa shape index (κ2) is 32.9. The van der Waals surface area contributed by atoms with Gasteiger partial charge in [0, 0.05) is 106 Å². The molecule has 0 unspecified atom stereocenters. The zero-order chi connectivity index (χ0) is 77.4. The lowest BCUT2D eigenvalue weighted by molar-refractivity contribution is 0.0214. The van der Waals surface area contributed by atoms with Gasteiger partial charge in [0.15, 0.2) is 39.6 Å². The summed E-state index contributed by atoms with van der Waals surface area (Å²) in [7, 11) is 4.66. The Bertz CT molecular complexity index is 5540. The van der Waals surface area contributed by atoms with Crippen molar-refractivity contribution in [2.45, 2.75) is 137 Å². The van der Waals surface area contributed by atoms with E-state index in [-0.39, 0.29) is 28.9 Å². The third-order valence-corrected chi connectivity index (χ3v) is 18.4. The van der Waals surface area contributed by atoms with Crippen LogP contribution >= 0.6 is 11.8 Å². The molecule has 0 spiro atoms. The van der Waals surface area contributed by atoms with Crippen molar-refractivity contribution >= 4 is 86.0 Å². The SMILES string of the molecule is CC(C)(C)OC(=O)N1CCc2cc(N)ccc2C1.CCn1c(=O)c2cnc(Nc3ccc4c(c3)CCN(C(=O)OC(C)(C)C)C4)nc2n1-c1cccc(OC)n1.CCn1c(=O)c2cnc(Nc3ccc4c(c3)CCNC4)nc2n1-c1cccc(OC)n1.CCn1c(=O)c2cnc(SC)nc2n1-c1cccc(OC)n1. The van der Waals surface area contributed by atoms with Crippen LogP contribution < -0.4 is 52.6 Å². The monoisotopic (exact) mass is 1500 g/mol. The molecule has 9 aromatic heterocycles. The third-order valence-electron chi connectivity index (χ3n) is 17.9. The summed E-state index contributed by atoms with van der Waals surface area (Å²) in [6, 6.07) is 34.3. The Balaban J connectivity index is 0.000000141. The number of rotatable bonds is 14.